The summed E-state index contributed by atoms with van der Waals surface area (Å²) in [6.45, 7) is 0. The molecule has 2 rings (SSSR count). The quantitative estimate of drug-likeness (QED) is 0.757. The van der Waals surface area contributed by atoms with E-state index >= 15 is 0 Å². The monoisotopic (exact) mass is 309 g/mol. The van der Waals surface area contributed by atoms with Crippen molar-refractivity contribution in [2.24, 2.45) is 0 Å². The summed E-state index contributed by atoms with van der Waals surface area (Å²) >= 11 is 2.24. The first kappa shape index (κ1) is 10.2. The molecule has 0 unspecified atom stereocenters. The first-order valence-corrected chi connectivity index (χ1v) is 5.51. The highest BCUT2D eigenvalue weighted by Crippen LogP contribution is 2.30. The van der Waals surface area contributed by atoms with Crippen LogP contribution < -0.4 is 4.74 Å². The van der Waals surface area contributed by atoms with Crippen LogP contribution in [-0.2, 0) is 0 Å². The molecular weight excluding hydrogens is 301 g/mol. The van der Waals surface area contributed by atoms with Crippen LogP contribution in [-0.4, -0.2) is 7.11 Å². The third-order valence-corrected chi connectivity index (χ3v) is 3.41. The van der Waals surface area contributed by atoms with Gasteiger partial charge < -0.3 is 4.74 Å². The number of hydrogen-bond donors (Lipinski definition) is 0. The van der Waals surface area contributed by atoms with Gasteiger partial charge in [-0.25, -0.2) is 0 Å². The van der Waals surface area contributed by atoms with E-state index in [2.05, 4.69) is 28.7 Å². The summed E-state index contributed by atoms with van der Waals surface area (Å²) in [5.74, 6) is 0.846. The van der Waals surface area contributed by atoms with Crippen LogP contribution in [0.15, 0.2) is 30.3 Å². The second-order valence-electron chi connectivity index (χ2n) is 3.09. The molecule has 0 saturated heterocycles. The van der Waals surface area contributed by atoms with Crippen molar-refractivity contribution in [3.63, 3.8) is 0 Å². The molecule has 0 bridgehead atoms. The Bertz CT molecular complexity index is 557. The van der Waals surface area contributed by atoms with Crippen LogP contribution in [0.5, 0.6) is 5.75 Å². The maximum absolute atomic E-state index is 8.97. The van der Waals surface area contributed by atoms with E-state index in [0.717, 1.165) is 20.1 Å². The molecule has 74 valence electrons. The predicted octanol–water partition coefficient (Wildman–Crippen LogP) is 3.32. The molecule has 0 aliphatic rings. The van der Waals surface area contributed by atoms with Crippen molar-refractivity contribution >= 4 is 33.4 Å². The zero-order valence-electron chi connectivity index (χ0n) is 8.12. The third-order valence-electron chi connectivity index (χ3n) is 2.30. The average Bonchev–Trinajstić information content (AvgIpc) is 2.29. The minimum atomic E-state index is 0.702. The molecule has 0 aliphatic carbocycles. The largest absolute Gasteiger partial charge is 0.496 e. The van der Waals surface area contributed by atoms with Gasteiger partial charge >= 0.3 is 0 Å². The van der Waals surface area contributed by atoms with Gasteiger partial charge in [-0.2, -0.15) is 5.26 Å². The molecule has 0 amide bonds. The molecule has 0 atom stereocenters. The Morgan fingerprint density at radius 3 is 2.67 bits per heavy atom. The fourth-order valence-electron chi connectivity index (χ4n) is 1.56. The summed E-state index contributed by atoms with van der Waals surface area (Å²) in [6, 6.07) is 11.7. The van der Waals surface area contributed by atoms with E-state index in [-0.39, 0.29) is 0 Å². The van der Waals surface area contributed by atoms with Gasteiger partial charge in [-0.3, -0.25) is 0 Å². The Morgan fingerprint density at radius 1 is 1.20 bits per heavy atom. The lowest BCUT2D eigenvalue weighted by Gasteiger charge is -2.07. The molecule has 2 aromatic rings. The SMILES string of the molecule is COc1ccc2c(C#N)cccc2c1I. The minimum absolute atomic E-state index is 0.702. The Morgan fingerprint density at radius 2 is 2.00 bits per heavy atom. The van der Waals surface area contributed by atoms with Gasteiger partial charge in [0.2, 0.25) is 0 Å². The van der Waals surface area contributed by atoms with Gasteiger partial charge in [0.1, 0.15) is 5.75 Å². The van der Waals surface area contributed by atoms with Crippen molar-refractivity contribution in [2.75, 3.05) is 7.11 Å². The minimum Gasteiger partial charge on any atom is -0.496 e. The maximum atomic E-state index is 8.97. The molecular formula is C12H8INO. The van der Waals surface area contributed by atoms with E-state index in [4.69, 9.17) is 10.00 Å². The van der Waals surface area contributed by atoms with Gasteiger partial charge in [0, 0.05) is 10.8 Å². The highest BCUT2D eigenvalue weighted by atomic mass is 127. The fraction of sp³-hybridized carbons (Fsp3) is 0.0833. The summed E-state index contributed by atoms with van der Waals surface area (Å²) < 4.78 is 6.28. The number of hydrogen-bond acceptors (Lipinski definition) is 2. The highest BCUT2D eigenvalue weighted by molar-refractivity contribution is 14.1. The fourth-order valence-corrected chi connectivity index (χ4v) is 2.43. The van der Waals surface area contributed by atoms with Gasteiger partial charge in [0.05, 0.1) is 22.3 Å². The number of methoxy groups -OCH3 is 1. The molecule has 0 spiro atoms. The van der Waals surface area contributed by atoms with Crippen molar-refractivity contribution in [2.45, 2.75) is 0 Å². The molecule has 15 heavy (non-hydrogen) atoms. The molecule has 0 fully saturated rings. The number of ether oxygens (including phenoxy) is 1. The predicted molar refractivity (Wildman–Crippen MR) is 67.9 cm³/mol. The van der Waals surface area contributed by atoms with Crippen LogP contribution in [0, 0.1) is 14.9 Å². The summed E-state index contributed by atoms with van der Waals surface area (Å²) in [5.41, 5.74) is 0.702. The van der Waals surface area contributed by atoms with Crippen LogP contribution in [0.4, 0.5) is 0 Å². The summed E-state index contributed by atoms with van der Waals surface area (Å²) in [5, 5.41) is 11.0. The third kappa shape index (κ3) is 1.65. The molecule has 0 radical (unpaired) electrons. The van der Waals surface area contributed by atoms with E-state index in [1.54, 1.807) is 7.11 Å². The van der Waals surface area contributed by atoms with Gasteiger partial charge in [-0.15, -0.1) is 0 Å². The molecule has 0 saturated carbocycles. The highest BCUT2D eigenvalue weighted by Gasteiger charge is 2.07. The second kappa shape index (κ2) is 4.07. The normalized spacial score (nSPS) is 9.93. The van der Waals surface area contributed by atoms with Crippen LogP contribution >= 0.6 is 22.6 Å². The molecule has 0 aromatic heterocycles. The van der Waals surface area contributed by atoms with Crippen molar-refractivity contribution in [3.8, 4) is 11.8 Å². The number of halogens is 1. The zero-order valence-corrected chi connectivity index (χ0v) is 10.3. The van der Waals surface area contributed by atoms with E-state index in [1.165, 1.54) is 0 Å². The molecule has 0 N–H and O–H groups in total. The Hall–Kier alpha value is -1.28. The first-order chi connectivity index (χ1) is 7.27. The van der Waals surface area contributed by atoms with Gasteiger partial charge in [0.25, 0.3) is 0 Å². The maximum Gasteiger partial charge on any atom is 0.132 e. The summed E-state index contributed by atoms with van der Waals surface area (Å²) in [4.78, 5) is 0. The summed E-state index contributed by atoms with van der Waals surface area (Å²) in [6.07, 6.45) is 0. The number of benzene rings is 2. The molecule has 0 heterocycles. The Balaban J connectivity index is 2.86. The zero-order chi connectivity index (χ0) is 10.8. The van der Waals surface area contributed by atoms with Crippen molar-refractivity contribution < 1.29 is 4.74 Å². The smallest absolute Gasteiger partial charge is 0.132 e. The standard InChI is InChI=1S/C12H8INO/c1-15-11-6-5-9-8(7-14)3-2-4-10(9)12(11)13/h2-6H,1H3. The molecule has 3 heteroatoms. The van der Waals surface area contributed by atoms with Gasteiger partial charge in [-0.1, -0.05) is 12.1 Å². The van der Waals surface area contributed by atoms with E-state index in [9.17, 15) is 0 Å². The topological polar surface area (TPSA) is 33.0 Å². The Labute approximate surface area is 102 Å². The van der Waals surface area contributed by atoms with Crippen molar-refractivity contribution in [3.05, 3.63) is 39.5 Å². The number of nitriles is 1. The lowest BCUT2D eigenvalue weighted by Crippen LogP contribution is -1.89. The molecule has 2 aromatic carbocycles. The van der Waals surface area contributed by atoms with Crippen LogP contribution in [0.25, 0.3) is 10.8 Å². The number of fused-ring (bicyclic) bond motifs is 1. The second-order valence-corrected chi connectivity index (χ2v) is 4.17. The van der Waals surface area contributed by atoms with Crippen LogP contribution in [0.2, 0.25) is 0 Å². The average molecular weight is 309 g/mol. The van der Waals surface area contributed by atoms with Gasteiger partial charge in [-0.05, 0) is 40.8 Å². The Kier molecular flexibility index (Phi) is 2.78. The lowest BCUT2D eigenvalue weighted by atomic mass is 10.1. The molecule has 0 aliphatic heterocycles. The number of nitrogens with zero attached hydrogens (tertiary/aromatic N) is 1. The number of rotatable bonds is 1. The lowest BCUT2D eigenvalue weighted by molar-refractivity contribution is 0.412. The van der Waals surface area contributed by atoms with Crippen molar-refractivity contribution in [1.82, 2.24) is 0 Å². The van der Waals surface area contributed by atoms with Crippen LogP contribution in [0.1, 0.15) is 5.56 Å². The van der Waals surface area contributed by atoms with E-state index in [1.807, 2.05) is 30.3 Å². The van der Waals surface area contributed by atoms with E-state index < -0.39 is 0 Å². The van der Waals surface area contributed by atoms with Gasteiger partial charge in [0.15, 0.2) is 0 Å². The van der Waals surface area contributed by atoms with E-state index in [0.29, 0.717) is 5.56 Å². The first-order valence-electron chi connectivity index (χ1n) is 4.43. The van der Waals surface area contributed by atoms with Crippen molar-refractivity contribution in [1.29, 1.82) is 5.26 Å². The summed E-state index contributed by atoms with van der Waals surface area (Å²) in [7, 11) is 1.65. The molecule has 2 nitrogen and oxygen atoms in total. The van der Waals surface area contributed by atoms with Crippen LogP contribution in [0.3, 0.4) is 0 Å².